The topological polar surface area (TPSA) is 32.3 Å². The van der Waals surface area contributed by atoms with E-state index in [4.69, 9.17) is 0 Å². The zero-order valence-corrected chi connectivity index (χ0v) is 9.95. The van der Waals surface area contributed by atoms with Crippen molar-refractivity contribution in [2.24, 2.45) is 0 Å². The number of halogens is 1. The Morgan fingerprint density at radius 2 is 1.88 bits per heavy atom. The number of hydrogen-bond acceptors (Lipinski definition) is 3. The van der Waals surface area contributed by atoms with Gasteiger partial charge in [0.1, 0.15) is 5.82 Å². The van der Waals surface area contributed by atoms with Crippen LogP contribution in [0, 0.1) is 5.82 Å². The molecule has 1 aromatic carbocycles. The highest BCUT2D eigenvalue weighted by atomic mass is 19.1. The Morgan fingerprint density at radius 3 is 2.41 bits per heavy atom. The molecule has 1 fully saturated rings. The summed E-state index contributed by atoms with van der Waals surface area (Å²) < 4.78 is 12.9. The summed E-state index contributed by atoms with van der Waals surface area (Å²) in [6.07, 6.45) is 0. The van der Waals surface area contributed by atoms with Crippen molar-refractivity contribution in [3.63, 3.8) is 0 Å². The molecular weight excluding hydrogens is 219 g/mol. The molecule has 1 heterocycles. The third-order valence-electron chi connectivity index (χ3n) is 3.09. The van der Waals surface area contributed by atoms with E-state index >= 15 is 0 Å². The SMILES string of the molecule is CC(=O)C(c1ccc(F)cc1)N1CCNCC1. The van der Waals surface area contributed by atoms with Crippen LogP contribution in [0.15, 0.2) is 24.3 Å². The lowest BCUT2D eigenvalue weighted by atomic mass is 10.0. The van der Waals surface area contributed by atoms with Gasteiger partial charge >= 0.3 is 0 Å². The molecule has 1 saturated heterocycles. The van der Waals surface area contributed by atoms with E-state index in [1.807, 2.05) is 0 Å². The van der Waals surface area contributed by atoms with Crippen LogP contribution in [-0.4, -0.2) is 36.9 Å². The van der Waals surface area contributed by atoms with Crippen molar-refractivity contribution in [2.45, 2.75) is 13.0 Å². The molecule has 0 radical (unpaired) electrons. The summed E-state index contributed by atoms with van der Waals surface area (Å²) in [5.74, 6) is -0.158. The molecule has 0 aliphatic carbocycles. The average molecular weight is 236 g/mol. The van der Waals surface area contributed by atoms with Gasteiger partial charge in [0.05, 0.1) is 6.04 Å². The van der Waals surface area contributed by atoms with Crippen LogP contribution < -0.4 is 5.32 Å². The number of nitrogens with one attached hydrogen (secondary N) is 1. The van der Waals surface area contributed by atoms with Crippen LogP contribution in [0.4, 0.5) is 4.39 Å². The third-order valence-corrected chi connectivity index (χ3v) is 3.09. The average Bonchev–Trinajstić information content (AvgIpc) is 2.33. The second kappa shape index (κ2) is 5.38. The van der Waals surface area contributed by atoms with Gasteiger partial charge in [-0.3, -0.25) is 9.69 Å². The van der Waals surface area contributed by atoms with Crippen molar-refractivity contribution < 1.29 is 9.18 Å². The van der Waals surface area contributed by atoms with Crippen molar-refractivity contribution in [3.05, 3.63) is 35.6 Å². The highest BCUT2D eigenvalue weighted by molar-refractivity contribution is 5.82. The Morgan fingerprint density at radius 1 is 1.29 bits per heavy atom. The van der Waals surface area contributed by atoms with Crippen molar-refractivity contribution in [1.82, 2.24) is 10.2 Å². The van der Waals surface area contributed by atoms with Crippen LogP contribution >= 0.6 is 0 Å². The number of ketones is 1. The molecule has 0 bridgehead atoms. The number of hydrogen-bond donors (Lipinski definition) is 1. The maximum absolute atomic E-state index is 12.9. The van der Waals surface area contributed by atoms with E-state index in [-0.39, 0.29) is 17.6 Å². The molecule has 2 rings (SSSR count). The fourth-order valence-electron chi connectivity index (χ4n) is 2.29. The van der Waals surface area contributed by atoms with Crippen LogP contribution in [0.1, 0.15) is 18.5 Å². The molecule has 1 N–H and O–H groups in total. The van der Waals surface area contributed by atoms with Crippen LogP contribution in [-0.2, 0) is 4.79 Å². The molecule has 0 amide bonds. The van der Waals surface area contributed by atoms with E-state index in [9.17, 15) is 9.18 Å². The Labute approximate surface area is 101 Å². The van der Waals surface area contributed by atoms with Crippen molar-refractivity contribution in [2.75, 3.05) is 26.2 Å². The predicted molar refractivity (Wildman–Crippen MR) is 64.3 cm³/mol. The van der Waals surface area contributed by atoms with Gasteiger partial charge in [-0.2, -0.15) is 0 Å². The van der Waals surface area contributed by atoms with Crippen LogP contribution in [0.25, 0.3) is 0 Å². The van der Waals surface area contributed by atoms with Gasteiger partial charge < -0.3 is 5.32 Å². The largest absolute Gasteiger partial charge is 0.314 e. The summed E-state index contributed by atoms with van der Waals surface area (Å²) in [5, 5.41) is 3.26. The Bertz CT molecular complexity index is 385. The zero-order chi connectivity index (χ0) is 12.3. The summed E-state index contributed by atoms with van der Waals surface area (Å²) in [7, 11) is 0. The van der Waals surface area contributed by atoms with Gasteiger partial charge in [0.15, 0.2) is 5.78 Å². The first-order valence-corrected chi connectivity index (χ1v) is 5.89. The van der Waals surface area contributed by atoms with Crippen LogP contribution in [0.2, 0.25) is 0 Å². The van der Waals surface area contributed by atoms with Gasteiger partial charge in [-0.1, -0.05) is 12.1 Å². The molecule has 1 unspecified atom stereocenters. The van der Waals surface area contributed by atoms with Gasteiger partial charge in [0, 0.05) is 26.2 Å². The van der Waals surface area contributed by atoms with Gasteiger partial charge in [0.25, 0.3) is 0 Å². The molecule has 3 nitrogen and oxygen atoms in total. The number of carbonyl (C=O) groups is 1. The monoisotopic (exact) mass is 236 g/mol. The van der Waals surface area contributed by atoms with Crippen molar-refractivity contribution in [3.8, 4) is 0 Å². The van der Waals surface area contributed by atoms with E-state index < -0.39 is 0 Å². The first-order valence-electron chi connectivity index (χ1n) is 5.89. The summed E-state index contributed by atoms with van der Waals surface area (Å²) in [6, 6.07) is 5.98. The number of carbonyl (C=O) groups excluding carboxylic acids is 1. The van der Waals surface area contributed by atoms with Gasteiger partial charge in [0.2, 0.25) is 0 Å². The molecule has 1 aromatic rings. The first-order chi connectivity index (χ1) is 8.18. The Balaban J connectivity index is 2.21. The lowest BCUT2D eigenvalue weighted by Gasteiger charge is -2.33. The van der Waals surface area contributed by atoms with E-state index in [0.717, 1.165) is 31.7 Å². The van der Waals surface area contributed by atoms with Crippen LogP contribution in [0.5, 0.6) is 0 Å². The molecule has 92 valence electrons. The van der Waals surface area contributed by atoms with E-state index in [0.29, 0.717) is 0 Å². The molecule has 1 aliphatic rings. The number of nitrogens with zero attached hydrogens (tertiary/aromatic N) is 1. The second-order valence-corrected chi connectivity index (χ2v) is 4.35. The molecule has 1 atom stereocenters. The molecule has 0 aromatic heterocycles. The summed E-state index contributed by atoms with van der Waals surface area (Å²) in [4.78, 5) is 13.9. The maximum atomic E-state index is 12.9. The Hall–Kier alpha value is -1.26. The quantitative estimate of drug-likeness (QED) is 0.860. The number of Topliss-reactive ketones (excluding diaryl/α,β-unsaturated/α-hetero) is 1. The minimum absolute atomic E-state index is 0.110. The van der Waals surface area contributed by atoms with Gasteiger partial charge in [-0.15, -0.1) is 0 Å². The zero-order valence-electron chi connectivity index (χ0n) is 9.95. The van der Waals surface area contributed by atoms with E-state index in [2.05, 4.69) is 10.2 Å². The summed E-state index contributed by atoms with van der Waals surface area (Å²) >= 11 is 0. The summed E-state index contributed by atoms with van der Waals surface area (Å²) in [6.45, 7) is 5.08. The molecule has 17 heavy (non-hydrogen) atoms. The minimum atomic E-state index is -0.267. The molecule has 4 heteroatoms. The lowest BCUT2D eigenvalue weighted by Crippen LogP contribution is -2.46. The smallest absolute Gasteiger partial charge is 0.151 e. The van der Waals surface area contributed by atoms with Crippen LogP contribution in [0.3, 0.4) is 0 Å². The highest BCUT2D eigenvalue weighted by Crippen LogP contribution is 2.22. The minimum Gasteiger partial charge on any atom is -0.314 e. The van der Waals surface area contributed by atoms with E-state index in [1.54, 1.807) is 19.1 Å². The molecule has 1 aliphatic heterocycles. The third kappa shape index (κ3) is 2.90. The van der Waals surface area contributed by atoms with Crippen molar-refractivity contribution >= 4 is 5.78 Å². The molecule has 0 spiro atoms. The van der Waals surface area contributed by atoms with Gasteiger partial charge in [-0.05, 0) is 24.6 Å². The Kier molecular flexibility index (Phi) is 3.86. The predicted octanol–water partition coefficient (Wildman–Crippen LogP) is 1.36. The standard InChI is InChI=1S/C13H17FN2O/c1-10(17)13(16-8-6-15-7-9-16)11-2-4-12(14)5-3-11/h2-5,13,15H,6-9H2,1H3. The first kappa shape index (κ1) is 12.2. The van der Waals surface area contributed by atoms with Crippen molar-refractivity contribution in [1.29, 1.82) is 0 Å². The second-order valence-electron chi connectivity index (χ2n) is 4.35. The van der Waals surface area contributed by atoms with E-state index in [1.165, 1.54) is 12.1 Å². The van der Waals surface area contributed by atoms with Gasteiger partial charge in [-0.25, -0.2) is 4.39 Å². The normalized spacial score (nSPS) is 18.9. The molecule has 0 saturated carbocycles. The number of piperazine rings is 1. The highest BCUT2D eigenvalue weighted by Gasteiger charge is 2.25. The molecular formula is C13H17FN2O. The number of rotatable bonds is 3. The summed E-state index contributed by atoms with van der Waals surface area (Å²) in [5.41, 5.74) is 0.876. The fraction of sp³-hybridized carbons (Fsp3) is 0.462. The fourth-order valence-corrected chi connectivity index (χ4v) is 2.29. The number of benzene rings is 1. The maximum Gasteiger partial charge on any atom is 0.151 e. The lowest BCUT2D eigenvalue weighted by molar-refractivity contribution is -0.122.